The Bertz CT molecular complexity index is 1050. The topological polar surface area (TPSA) is 86.8 Å². The molecule has 2 amide bonds. The van der Waals surface area contributed by atoms with Gasteiger partial charge in [-0.15, -0.1) is 0 Å². The molecule has 0 unspecified atom stereocenters. The van der Waals surface area contributed by atoms with Gasteiger partial charge in [0, 0.05) is 31.1 Å². The van der Waals surface area contributed by atoms with Gasteiger partial charge in [0.2, 0.25) is 21.8 Å². The highest BCUT2D eigenvalue weighted by molar-refractivity contribution is 7.92. The monoisotopic (exact) mass is 507 g/mol. The molecule has 34 heavy (non-hydrogen) atoms. The van der Waals surface area contributed by atoms with Crippen LogP contribution < -0.4 is 9.62 Å². The number of carbonyl (C=O) groups excluding carboxylic acids is 2. The number of anilines is 1. The van der Waals surface area contributed by atoms with Crippen molar-refractivity contribution in [3.05, 3.63) is 65.2 Å². The van der Waals surface area contributed by atoms with E-state index in [1.54, 1.807) is 49.4 Å². The van der Waals surface area contributed by atoms with Gasteiger partial charge in [0.1, 0.15) is 6.04 Å². The van der Waals surface area contributed by atoms with Crippen molar-refractivity contribution in [2.24, 2.45) is 0 Å². The SMILES string of the molecule is CCCCNC(=O)[C@@H](C)N(Cc1cccc(Cl)c1)C(=O)CCCN(c1ccccc1)S(C)(=O)=O. The van der Waals surface area contributed by atoms with E-state index in [4.69, 9.17) is 11.6 Å². The molecule has 0 radical (unpaired) electrons. The maximum absolute atomic E-state index is 13.2. The lowest BCUT2D eigenvalue weighted by atomic mass is 10.1. The lowest BCUT2D eigenvalue weighted by Gasteiger charge is -2.29. The molecule has 0 bridgehead atoms. The number of carbonyl (C=O) groups is 2. The summed E-state index contributed by atoms with van der Waals surface area (Å²) in [6.07, 6.45) is 3.39. The maximum Gasteiger partial charge on any atom is 0.242 e. The third kappa shape index (κ3) is 8.65. The molecule has 9 heteroatoms. The van der Waals surface area contributed by atoms with E-state index < -0.39 is 16.1 Å². The van der Waals surface area contributed by atoms with Crippen LogP contribution >= 0.6 is 11.6 Å². The third-order valence-corrected chi connectivity index (χ3v) is 6.86. The van der Waals surface area contributed by atoms with E-state index in [2.05, 4.69) is 5.32 Å². The molecule has 0 spiro atoms. The molecule has 0 saturated heterocycles. The highest BCUT2D eigenvalue weighted by atomic mass is 35.5. The molecule has 0 aliphatic rings. The van der Waals surface area contributed by atoms with Crippen LogP contribution in [0.5, 0.6) is 0 Å². The van der Waals surface area contributed by atoms with Crippen LogP contribution in [0.25, 0.3) is 0 Å². The second-order valence-electron chi connectivity index (χ2n) is 8.25. The number of unbranched alkanes of at least 4 members (excludes halogenated alkanes) is 1. The average Bonchev–Trinajstić information content (AvgIpc) is 2.79. The number of para-hydroxylation sites is 1. The Kier molecular flexibility index (Phi) is 10.9. The summed E-state index contributed by atoms with van der Waals surface area (Å²) >= 11 is 6.11. The van der Waals surface area contributed by atoms with Gasteiger partial charge in [-0.2, -0.15) is 0 Å². The fraction of sp³-hybridized carbons (Fsp3) is 0.440. The molecule has 0 heterocycles. The van der Waals surface area contributed by atoms with Gasteiger partial charge in [0.15, 0.2) is 0 Å². The summed E-state index contributed by atoms with van der Waals surface area (Å²) in [5.74, 6) is -0.439. The van der Waals surface area contributed by atoms with Crippen molar-refractivity contribution in [2.75, 3.05) is 23.7 Å². The molecule has 2 aromatic rings. The first-order valence-corrected chi connectivity index (χ1v) is 13.7. The molecule has 2 aromatic carbocycles. The number of nitrogens with one attached hydrogen (secondary N) is 1. The second kappa shape index (κ2) is 13.3. The molecule has 2 rings (SSSR count). The summed E-state index contributed by atoms with van der Waals surface area (Å²) in [6.45, 7) is 4.70. The van der Waals surface area contributed by atoms with Crippen molar-refractivity contribution in [1.29, 1.82) is 0 Å². The number of amides is 2. The molecule has 0 saturated carbocycles. The zero-order chi connectivity index (χ0) is 25.1. The van der Waals surface area contributed by atoms with E-state index in [-0.39, 0.29) is 31.3 Å². The zero-order valence-electron chi connectivity index (χ0n) is 20.0. The first kappa shape index (κ1) is 27.7. The molecule has 1 N–H and O–H groups in total. The first-order valence-electron chi connectivity index (χ1n) is 11.5. The lowest BCUT2D eigenvalue weighted by Crippen LogP contribution is -2.48. The Balaban J connectivity index is 2.12. The summed E-state index contributed by atoms with van der Waals surface area (Å²) < 4.78 is 25.9. The van der Waals surface area contributed by atoms with Crippen molar-refractivity contribution in [3.8, 4) is 0 Å². The highest BCUT2D eigenvalue weighted by Gasteiger charge is 2.26. The Morgan fingerprint density at radius 3 is 2.38 bits per heavy atom. The van der Waals surface area contributed by atoms with E-state index in [1.165, 1.54) is 9.21 Å². The predicted octanol–water partition coefficient (Wildman–Crippen LogP) is 4.22. The molecule has 7 nitrogen and oxygen atoms in total. The van der Waals surface area contributed by atoms with Crippen LogP contribution in [0, 0.1) is 0 Å². The fourth-order valence-corrected chi connectivity index (χ4v) is 4.73. The number of sulfonamides is 1. The predicted molar refractivity (Wildman–Crippen MR) is 137 cm³/mol. The Morgan fingerprint density at radius 1 is 1.06 bits per heavy atom. The van der Waals surface area contributed by atoms with E-state index in [9.17, 15) is 18.0 Å². The standard InChI is InChI=1S/C25H34ClN3O4S/c1-4-5-16-27-25(31)20(2)28(19-21-11-9-12-22(26)18-21)24(30)15-10-17-29(34(3,32)33)23-13-7-6-8-14-23/h6-9,11-14,18,20H,4-5,10,15-17,19H2,1-3H3,(H,27,31)/t20-/m1/s1. The van der Waals surface area contributed by atoms with Crippen molar-refractivity contribution >= 4 is 39.1 Å². The van der Waals surface area contributed by atoms with Crippen molar-refractivity contribution < 1.29 is 18.0 Å². The van der Waals surface area contributed by atoms with Crippen LogP contribution in [0.4, 0.5) is 5.69 Å². The number of benzene rings is 2. The Labute approximate surface area is 208 Å². The van der Waals surface area contributed by atoms with Crippen LogP contribution in [0.3, 0.4) is 0 Å². The summed E-state index contributed by atoms with van der Waals surface area (Å²) in [4.78, 5) is 27.4. The molecule has 0 fully saturated rings. The zero-order valence-corrected chi connectivity index (χ0v) is 21.6. The molecule has 0 aliphatic heterocycles. The summed E-state index contributed by atoms with van der Waals surface area (Å²) in [5, 5.41) is 3.44. The molecule has 0 aromatic heterocycles. The van der Waals surface area contributed by atoms with Gasteiger partial charge >= 0.3 is 0 Å². The van der Waals surface area contributed by atoms with Gasteiger partial charge in [0.25, 0.3) is 0 Å². The minimum atomic E-state index is -3.50. The van der Waals surface area contributed by atoms with Crippen LogP contribution in [0.1, 0.15) is 45.1 Å². The van der Waals surface area contributed by atoms with Gasteiger partial charge in [-0.1, -0.05) is 55.3 Å². The lowest BCUT2D eigenvalue weighted by molar-refractivity contribution is -0.140. The first-order chi connectivity index (χ1) is 16.1. The van der Waals surface area contributed by atoms with Gasteiger partial charge in [0.05, 0.1) is 11.9 Å². The smallest absolute Gasteiger partial charge is 0.242 e. The summed E-state index contributed by atoms with van der Waals surface area (Å²) in [7, 11) is -3.50. The van der Waals surface area contributed by atoms with E-state index in [0.29, 0.717) is 23.7 Å². The number of hydrogen-bond acceptors (Lipinski definition) is 4. The molecule has 1 atom stereocenters. The van der Waals surface area contributed by atoms with E-state index >= 15 is 0 Å². The van der Waals surface area contributed by atoms with E-state index in [0.717, 1.165) is 24.7 Å². The highest BCUT2D eigenvalue weighted by Crippen LogP contribution is 2.19. The number of nitrogens with zero attached hydrogens (tertiary/aromatic N) is 2. The minimum absolute atomic E-state index is 0.103. The third-order valence-electron chi connectivity index (χ3n) is 5.44. The number of rotatable bonds is 13. The van der Waals surface area contributed by atoms with Crippen LogP contribution in [-0.2, 0) is 26.2 Å². The Hall–Kier alpha value is -2.58. The normalized spacial score (nSPS) is 12.1. The average molecular weight is 508 g/mol. The molecule has 186 valence electrons. The van der Waals surface area contributed by atoms with Gasteiger partial charge in [-0.25, -0.2) is 8.42 Å². The minimum Gasteiger partial charge on any atom is -0.354 e. The number of halogens is 1. The molecule has 0 aliphatic carbocycles. The van der Waals surface area contributed by atoms with Gasteiger partial charge in [-0.3, -0.25) is 13.9 Å². The largest absolute Gasteiger partial charge is 0.354 e. The summed E-state index contributed by atoms with van der Waals surface area (Å²) in [5.41, 5.74) is 1.37. The van der Waals surface area contributed by atoms with Crippen molar-refractivity contribution in [3.63, 3.8) is 0 Å². The van der Waals surface area contributed by atoms with Gasteiger partial charge < -0.3 is 10.2 Å². The molecular weight excluding hydrogens is 474 g/mol. The van der Waals surface area contributed by atoms with Crippen LogP contribution in [0.15, 0.2) is 54.6 Å². The van der Waals surface area contributed by atoms with E-state index in [1.807, 2.05) is 19.1 Å². The number of hydrogen-bond donors (Lipinski definition) is 1. The van der Waals surface area contributed by atoms with Crippen molar-refractivity contribution in [1.82, 2.24) is 10.2 Å². The maximum atomic E-state index is 13.2. The molecular formula is C25H34ClN3O4S. The van der Waals surface area contributed by atoms with Crippen molar-refractivity contribution in [2.45, 2.75) is 52.1 Å². The fourth-order valence-electron chi connectivity index (χ4n) is 3.55. The van der Waals surface area contributed by atoms with Crippen LogP contribution in [0.2, 0.25) is 5.02 Å². The second-order valence-corrected chi connectivity index (χ2v) is 10.6. The van der Waals surface area contributed by atoms with Gasteiger partial charge in [-0.05, 0) is 49.6 Å². The quantitative estimate of drug-likeness (QED) is 0.411. The van der Waals surface area contributed by atoms with Crippen LogP contribution in [-0.4, -0.2) is 50.5 Å². The Morgan fingerprint density at radius 2 is 1.76 bits per heavy atom. The summed E-state index contributed by atoms with van der Waals surface area (Å²) in [6, 6.07) is 15.3.